The van der Waals surface area contributed by atoms with Crippen molar-refractivity contribution in [2.45, 2.75) is 39.2 Å². The third-order valence-corrected chi connectivity index (χ3v) is 5.31. The molecule has 29 heavy (non-hydrogen) atoms. The van der Waals surface area contributed by atoms with Gasteiger partial charge in [0.2, 0.25) is 0 Å². The first kappa shape index (κ1) is 22.4. The molecule has 0 aliphatic heterocycles. The summed E-state index contributed by atoms with van der Waals surface area (Å²) in [6, 6.07) is 14.7. The topological polar surface area (TPSA) is 71.9 Å². The molecule has 0 fully saturated rings. The van der Waals surface area contributed by atoms with E-state index in [-0.39, 0.29) is 24.4 Å². The Hall–Kier alpha value is -2.86. The van der Waals surface area contributed by atoms with Crippen molar-refractivity contribution in [3.63, 3.8) is 0 Å². The van der Waals surface area contributed by atoms with Crippen LogP contribution in [0.2, 0.25) is 0 Å². The van der Waals surface area contributed by atoms with Gasteiger partial charge in [0.1, 0.15) is 5.75 Å². The van der Waals surface area contributed by atoms with Gasteiger partial charge in [-0.1, -0.05) is 32.0 Å². The molecule has 0 heterocycles. The Morgan fingerprint density at radius 1 is 1.03 bits per heavy atom. The number of para-hydroxylation sites is 1. The van der Waals surface area contributed by atoms with Crippen molar-refractivity contribution < 1.29 is 19.2 Å². The molecule has 2 aromatic carbocycles. The highest BCUT2D eigenvalue weighted by atomic mass is 16.5. The Bertz CT molecular complexity index is 820. The Labute approximate surface area is 173 Å². The van der Waals surface area contributed by atoms with Crippen LogP contribution in [0.25, 0.3) is 0 Å². The number of amides is 2. The van der Waals surface area contributed by atoms with Crippen LogP contribution in [0.15, 0.2) is 48.5 Å². The van der Waals surface area contributed by atoms with E-state index >= 15 is 0 Å². The number of ether oxygens (including phenoxy) is 1. The fraction of sp³-hybridized carbons (Fsp3) is 0.391. The molecule has 6 nitrogen and oxygen atoms in total. The number of hydrogen-bond acceptors (Lipinski definition) is 3. The van der Waals surface area contributed by atoms with Crippen molar-refractivity contribution in [1.29, 1.82) is 0 Å². The Balaban J connectivity index is 1.94. The van der Waals surface area contributed by atoms with Crippen molar-refractivity contribution in [2.24, 2.45) is 0 Å². The van der Waals surface area contributed by atoms with Gasteiger partial charge in [-0.15, -0.1) is 0 Å². The molecular formula is C23H32N3O3+. The predicted octanol–water partition coefficient (Wildman–Crippen LogP) is 2.69. The second-order valence-electron chi connectivity index (χ2n) is 7.41. The highest BCUT2D eigenvalue weighted by molar-refractivity contribution is 5.95. The van der Waals surface area contributed by atoms with Gasteiger partial charge in [0.05, 0.1) is 14.2 Å². The van der Waals surface area contributed by atoms with Gasteiger partial charge >= 0.3 is 0 Å². The standard InChI is InChI=1S/C23H31N3O3/c1-6-16(2)20-9-7-8-10-21(20)25-23(28)17(3)26(4)15-22(27)24-18-11-13-19(29-5)14-12-18/h7-14,16-17H,6,15H2,1-5H3,(H,24,27)(H,25,28)/p+1/t16-,17-/m1/s1. The van der Waals surface area contributed by atoms with Gasteiger partial charge in [0.15, 0.2) is 12.6 Å². The van der Waals surface area contributed by atoms with E-state index in [1.165, 1.54) is 0 Å². The third kappa shape index (κ3) is 6.32. The largest absolute Gasteiger partial charge is 0.497 e. The molecule has 0 saturated carbocycles. The van der Waals surface area contributed by atoms with Crippen molar-refractivity contribution in [2.75, 3.05) is 31.3 Å². The Morgan fingerprint density at radius 2 is 1.69 bits per heavy atom. The molecule has 6 heteroatoms. The van der Waals surface area contributed by atoms with Gasteiger partial charge < -0.3 is 20.3 Å². The normalized spacial score (nSPS) is 13.8. The Kier molecular flexibility index (Phi) is 8.21. The summed E-state index contributed by atoms with van der Waals surface area (Å²) in [7, 11) is 3.44. The van der Waals surface area contributed by atoms with Crippen LogP contribution in [0.5, 0.6) is 5.75 Å². The molecule has 0 radical (unpaired) electrons. The zero-order valence-electron chi connectivity index (χ0n) is 17.9. The third-order valence-electron chi connectivity index (χ3n) is 5.31. The number of carbonyl (C=O) groups excluding carboxylic acids is 2. The van der Waals surface area contributed by atoms with Crippen molar-refractivity contribution in [1.82, 2.24) is 0 Å². The molecule has 2 amide bonds. The summed E-state index contributed by atoms with van der Waals surface area (Å²) in [5.74, 6) is 0.846. The summed E-state index contributed by atoms with van der Waals surface area (Å²) in [4.78, 5) is 25.9. The van der Waals surface area contributed by atoms with E-state index in [2.05, 4.69) is 24.5 Å². The molecule has 0 bridgehead atoms. The molecule has 0 spiro atoms. The number of methoxy groups -OCH3 is 1. The lowest BCUT2D eigenvalue weighted by Crippen LogP contribution is -3.14. The summed E-state index contributed by atoms with van der Waals surface area (Å²) in [6.45, 7) is 6.30. The molecule has 1 unspecified atom stereocenters. The average Bonchev–Trinajstić information content (AvgIpc) is 2.73. The van der Waals surface area contributed by atoms with Crippen LogP contribution in [0.1, 0.15) is 38.7 Å². The van der Waals surface area contributed by atoms with Gasteiger partial charge in [0.25, 0.3) is 11.8 Å². The molecule has 2 aromatic rings. The summed E-state index contributed by atoms with van der Waals surface area (Å²) < 4.78 is 5.11. The minimum atomic E-state index is -0.374. The first-order chi connectivity index (χ1) is 13.8. The average molecular weight is 399 g/mol. The van der Waals surface area contributed by atoms with Gasteiger partial charge in [-0.05, 0) is 55.2 Å². The minimum Gasteiger partial charge on any atom is -0.497 e. The number of nitrogens with one attached hydrogen (secondary N) is 3. The summed E-state index contributed by atoms with van der Waals surface area (Å²) >= 11 is 0. The first-order valence-corrected chi connectivity index (χ1v) is 10.0. The van der Waals surface area contributed by atoms with E-state index in [1.807, 2.05) is 38.2 Å². The summed E-state index contributed by atoms with van der Waals surface area (Å²) in [6.07, 6.45) is 0.999. The summed E-state index contributed by atoms with van der Waals surface area (Å²) in [5.41, 5.74) is 2.67. The van der Waals surface area contributed by atoms with Crippen LogP contribution in [-0.2, 0) is 9.59 Å². The first-order valence-electron chi connectivity index (χ1n) is 10.0. The fourth-order valence-corrected chi connectivity index (χ4v) is 3.01. The van der Waals surface area contributed by atoms with Crippen molar-refractivity contribution >= 4 is 23.2 Å². The molecular weight excluding hydrogens is 366 g/mol. The van der Waals surface area contributed by atoms with E-state index in [1.54, 1.807) is 31.4 Å². The second-order valence-corrected chi connectivity index (χ2v) is 7.41. The predicted molar refractivity (Wildman–Crippen MR) is 117 cm³/mol. The second kappa shape index (κ2) is 10.6. The maximum atomic E-state index is 12.7. The molecule has 3 N–H and O–H groups in total. The maximum absolute atomic E-state index is 12.7. The number of carbonyl (C=O) groups is 2. The van der Waals surface area contributed by atoms with Crippen LogP contribution in [0.4, 0.5) is 11.4 Å². The number of likely N-dealkylation sites (N-methyl/N-ethyl adjacent to an activating group) is 1. The molecule has 0 aliphatic carbocycles. The van der Waals surface area contributed by atoms with Gasteiger partial charge in [-0.25, -0.2) is 0 Å². The van der Waals surface area contributed by atoms with Crippen LogP contribution in [0.3, 0.4) is 0 Å². The van der Waals surface area contributed by atoms with E-state index < -0.39 is 0 Å². The number of benzene rings is 2. The number of quaternary nitrogens is 1. The van der Waals surface area contributed by atoms with Gasteiger partial charge in [0, 0.05) is 11.4 Å². The molecule has 3 atom stereocenters. The molecule has 0 aliphatic rings. The van der Waals surface area contributed by atoms with Crippen LogP contribution in [-0.4, -0.2) is 38.6 Å². The zero-order valence-corrected chi connectivity index (χ0v) is 17.9. The molecule has 156 valence electrons. The SMILES string of the molecule is CC[C@@H](C)c1ccccc1NC(=O)[C@@H](C)[NH+](C)CC(=O)Nc1ccc(OC)cc1. The Morgan fingerprint density at radius 3 is 2.31 bits per heavy atom. The monoisotopic (exact) mass is 398 g/mol. The highest BCUT2D eigenvalue weighted by Crippen LogP contribution is 2.26. The van der Waals surface area contributed by atoms with E-state index in [0.29, 0.717) is 11.6 Å². The van der Waals surface area contributed by atoms with Gasteiger partial charge in [-0.2, -0.15) is 0 Å². The number of rotatable bonds is 9. The van der Waals surface area contributed by atoms with Gasteiger partial charge in [-0.3, -0.25) is 9.59 Å². The van der Waals surface area contributed by atoms with Crippen LogP contribution < -0.4 is 20.3 Å². The molecule has 0 saturated heterocycles. The van der Waals surface area contributed by atoms with Crippen molar-refractivity contribution in [3.8, 4) is 5.75 Å². The van der Waals surface area contributed by atoms with Crippen molar-refractivity contribution in [3.05, 3.63) is 54.1 Å². The lowest BCUT2D eigenvalue weighted by molar-refractivity contribution is -0.885. The molecule has 2 rings (SSSR count). The fourth-order valence-electron chi connectivity index (χ4n) is 3.01. The van der Waals surface area contributed by atoms with E-state index in [9.17, 15) is 9.59 Å². The highest BCUT2D eigenvalue weighted by Gasteiger charge is 2.25. The number of hydrogen-bond donors (Lipinski definition) is 3. The minimum absolute atomic E-state index is 0.101. The van der Waals surface area contributed by atoms with Crippen LogP contribution >= 0.6 is 0 Å². The lowest BCUT2D eigenvalue weighted by atomic mass is 9.97. The lowest BCUT2D eigenvalue weighted by Gasteiger charge is -2.22. The quantitative estimate of drug-likeness (QED) is 0.608. The number of anilines is 2. The maximum Gasteiger partial charge on any atom is 0.282 e. The van der Waals surface area contributed by atoms with E-state index in [0.717, 1.165) is 28.3 Å². The van der Waals surface area contributed by atoms with Crippen LogP contribution in [0, 0.1) is 0 Å². The van der Waals surface area contributed by atoms with E-state index in [4.69, 9.17) is 4.74 Å². The smallest absolute Gasteiger partial charge is 0.282 e. The molecule has 0 aromatic heterocycles. The summed E-state index contributed by atoms with van der Waals surface area (Å²) in [5, 5.41) is 5.89. The zero-order chi connectivity index (χ0) is 21.4.